The number of amides is 1. The van der Waals surface area contributed by atoms with E-state index in [1.165, 1.54) is 10.5 Å². The van der Waals surface area contributed by atoms with Crippen molar-refractivity contribution in [1.82, 2.24) is 4.90 Å². The molecule has 0 unspecified atom stereocenters. The lowest BCUT2D eigenvalue weighted by Crippen LogP contribution is -2.28. The van der Waals surface area contributed by atoms with Gasteiger partial charge in [-0.1, -0.05) is 18.2 Å². The first-order chi connectivity index (χ1) is 7.74. The zero-order chi connectivity index (χ0) is 11.5. The van der Waals surface area contributed by atoms with Gasteiger partial charge in [-0.05, 0) is 30.7 Å². The molecule has 4 heteroatoms. The van der Waals surface area contributed by atoms with Crippen LogP contribution in [0.25, 0.3) is 0 Å². The van der Waals surface area contributed by atoms with Gasteiger partial charge in [0.1, 0.15) is 0 Å². The quantitative estimate of drug-likeness (QED) is 0.767. The fourth-order valence-electron chi connectivity index (χ4n) is 2.41. The van der Waals surface area contributed by atoms with Crippen LogP contribution in [0.4, 0.5) is 0 Å². The highest BCUT2D eigenvalue weighted by atomic mass is 35.5. The van der Waals surface area contributed by atoms with Gasteiger partial charge in [0.2, 0.25) is 5.91 Å². The van der Waals surface area contributed by atoms with E-state index in [1.807, 2.05) is 4.90 Å². The predicted octanol–water partition coefficient (Wildman–Crippen LogP) is 3.51. The molecule has 0 saturated carbocycles. The summed E-state index contributed by atoms with van der Waals surface area (Å²) in [6, 6.07) is 8.70. The largest absolute Gasteiger partial charge is 0.336 e. The molecule has 17 heavy (non-hydrogen) atoms. The molecular formula is C13H18ClNOS. The van der Waals surface area contributed by atoms with Gasteiger partial charge < -0.3 is 4.90 Å². The normalized spacial score (nSPS) is 18.9. The number of benzene rings is 1. The maximum absolute atomic E-state index is 11.5. The average Bonchev–Trinajstić information content (AvgIpc) is 2.77. The summed E-state index contributed by atoms with van der Waals surface area (Å²) >= 11 is 1.76. The molecule has 0 aliphatic carbocycles. The first-order valence-corrected chi connectivity index (χ1v) is 6.86. The molecular weight excluding hydrogens is 254 g/mol. The van der Waals surface area contributed by atoms with Crippen LogP contribution in [-0.2, 0) is 4.79 Å². The SMILES string of the molecule is CSc1ccccc1[C@H]1CCCN1C(C)=O.Cl. The summed E-state index contributed by atoms with van der Waals surface area (Å²) in [7, 11) is 0. The van der Waals surface area contributed by atoms with Crippen LogP contribution in [0.2, 0.25) is 0 Å². The van der Waals surface area contributed by atoms with Crippen molar-refractivity contribution in [2.45, 2.75) is 30.7 Å². The molecule has 1 fully saturated rings. The summed E-state index contributed by atoms with van der Waals surface area (Å²) in [4.78, 5) is 14.8. The van der Waals surface area contributed by atoms with E-state index in [-0.39, 0.29) is 18.3 Å². The Morgan fingerprint density at radius 1 is 1.41 bits per heavy atom. The van der Waals surface area contributed by atoms with E-state index in [0.29, 0.717) is 6.04 Å². The number of nitrogens with zero attached hydrogens (tertiary/aromatic N) is 1. The number of halogens is 1. The molecule has 0 N–H and O–H groups in total. The monoisotopic (exact) mass is 271 g/mol. The summed E-state index contributed by atoms with van der Waals surface area (Å²) in [6.07, 6.45) is 4.30. The predicted molar refractivity (Wildman–Crippen MR) is 74.8 cm³/mol. The lowest BCUT2D eigenvalue weighted by molar-refractivity contribution is -0.129. The summed E-state index contributed by atoms with van der Waals surface area (Å²) in [6.45, 7) is 2.57. The third-order valence-electron chi connectivity index (χ3n) is 3.16. The van der Waals surface area contributed by atoms with Crippen molar-refractivity contribution >= 4 is 30.1 Å². The summed E-state index contributed by atoms with van der Waals surface area (Å²) in [5.74, 6) is 0.193. The number of carbonyl (C=O) groups excluding carboxylic acids is 1. The molecule has 1 atom stereocenters. The Kier molecular flexibility index (Phi) is 5.34. The van der Waals surface area contributed by atoms with Crippen LogP contribution in [0.3, 0.4) is 0 Å². The zero-order valence-electron chi connectivity index (χ0n) is 10.2. The van der Waals surface area contributed by atoms with E-state index in [1.54, 1.807) is 18.7 Å². The Morgan fingerprint density at radius 2 is 2.12 bits per heavy atom. The molecule has 1 aliphatic rings. The maximum Gasteiger partial charge on any atom is 0.219 e. The van der Waals surface area contributed by atoms with Crippen LogP contribution in [0.1, 0.15) is 31.4 Å². The first-order valence-electron chi connectivity index (χ1n) is 5.64. The highest BCUT2D eigenvalue weighted by Gasteiger charge is 2.28. The van der Waals surface area contributed by atoms with Crippen molar-refractivity contribution in [2.24, 2.45) is 0 Å². The Hall–Kier alpha value is -0.670. The molecule has 1 aromatic rings. The fraction of sp³-hybridized carbons (Fsp3) is 0.462. The van der Waals surface area contributed by atoms with Gasteiger partial charge >= 0.3 is 0 Å². The Balaban J connectivity index is 0.00000144. The van der Waals surface area contributed by atoms with E-state index in [0.717, 1.165) is 19.4 Å². The van der Waals surface area contributed by atoms with Crippen molar-refractivity contribution in [3.63, 3.8) is 0 Å². The topological polar surface area (TPSA) is 20.3 Å². The van der Waals surface area contributed by atoms with E-state index < -0.39 is 0 Å². The van der Waals surface area contributed by atoms with Gasteiger partial charge in [-0.15, -0.1) is 24.2 Å². The molecule has 0 bridgehead atoms. The molecule has 1 heterocycles. The molecule has 1 amide bonds. The van der Waals surface area contributed by atoms with E-state index in [9.17, 15) is 4.79 Å². The third kappa shape index (κ3) is 2.96. The first kappa shape index (κ1) is 14.4. The molecule has 0 radical (unpaired) electrons. The van der Waals surface area contributed by atoms with Crippen LogP contribution >= 0.6 is 24.2 Å². The van der Waals surface area contributed by atoms with E-state index in [4.69, 9.17) is 0 Å². The molecule has 1 aliphatic heterocycles. The molecule has 94 valence electrons. The average molecular weight is 272 g/mol. The minimum absolute atomic E-state index is 0. The highest BCUT2D eigenvalue weighted by Crippen LogP contribution is 2.36. The summed E-state index contributed by atoms with van der Waals surface area (Å²) in [5, 5.41) is 0. The highest BCUT2D eigenvalue weighted by molar-refractivity contribution is 7.98. The zero-order valence-corrected chi connectivity index (χ0v) is 11.8. The fourth-order valence-corrected chi connectivity index (χ4v) is 3.06. The number of hydrogen-bond acceptors (Lipinski definition) is 2. The third-order valence-corrected chi connectivity index (χ3v) is 3.97. The van der Waals surface area contributed by atoms with E-state index in [2.05, 4.69) is 30.5 Å². The van der Waals surface area contributed by atoms with Gasteiger partial charge in [0.25, 0.3) is 0 Å². The van der Waals surface area contributed by atoms with Crippen LogP contribution in [0, 0.1) is 0 Å². The van der Waals surface area contributed by atoms with Crippen molar-refractivity contribution in [2.75, 3.05) is 12.8 Å². The number of hydrogen-bond donors (Lipinski definition) is 0. The summed E-state index contributed by atoms with van der Waals surface area (Å²) < 4.78 is 0. The Bertz CT molecular complexity index is 397. The van der Waals surface area contributed by atoms with Gasteiger partial charge in [0.15, 0.2) is 0 Å². The molecule has 2 nitrogen and oxygen atoms in total. The molecule has 0 spiro atoms. The van der Waals surface area contributed by atoms with Crippen molar-refractivity contribution in [1.29, 1.82) is 0 Å². The number of rotatable bonds is 2. The number of likely N-dealkylation sites (tertiary alicyclic amines) is 1. The smallest absolute Gasteiger partial charge is 0.219 e. The second-order valence-corrected chi connectivity index (χ2v) is 4.96. The molecule has 1 saturated heterocycles. The van der Waals surface area contributed by atoms with Crippen molar-refractivity contribution < 1.29 is 4.79 Å². The van der Waals surface area contributed by atoms with Crippen LogP contribution in [-0.4, -0.2) is 23.6 Å². The van der Waals surface area contributed by atoms with Gasteiger partial charge in [-0.3, -0.25) is 4.79 Å². The van der Waals surface area contributed by atoms with Crippen LogP contribution in [0.15, 0.2) is 29.2 Å². The second-order valence-electron chi connectivity index (χ2n) is 4.11. The van der Waals surface area contributed by atoms with Crippen LogP contribution < -0.4 is 0 Å². The lowest BCUT2D eigenvalue weighted by atomic mass is 10.0. The van der Waals surface area contributed by atoms with Crippen LogP contribution in [0.5, 0.6) is 0 Å². The van der Waals surface area contributed by atoms with Crippen molar-refractivity contribution in [3.05, 3.63) is 29.8 Å². The molecule has 0 aromatic heterocycles. The van der Waals surface area contributed by atoms with Crippen molar-refractivity contribution in [3.8, 4) is 0 Å². The second kappa shape index (κ2) is 6.31. The van der Waals surface area contributed by atoms with Gasteiger partial charge in [0, 0.05) is 18.4 Å². The van der Waals surface area contributed by atoms with Gasteiger partial charge in [-0.25, -0.2) is 0 Å². The standard InChI is InChI=1S/C13H17NOS.ClH/c1-10(15)14-9-5-7-12(14)11-6-3-4-8-13(11)16-2;/h3-4,6,8,12H,5,7,9H2,1-2H3;1H/t12-;/m1./s1. The lowest BCUT2D eigenvalue weighted by Gasteiger charge is -2.25. The maximum atomic E-state index is 11.5. The minimum atomic E-state index is 0. The summed E-state index contributed by atoms with van der Waals surface area (Å²) in [5.41, 5.74) is 1.31. The number of thioether (sulfide) groups is 1. The van der Waals surface area contributed by atoms with Gasteiger partial charge in [0.05, 0.1) is 6.04 Å². The van der Waals surface area contributed by atoms with E-state index >= 15 is 0 Å². The minimum Gasteiger partial charge on any atom is -0.336 e. The number of carbonyl (C=O) groups is 1. The van der Waals surface area contributed by atoms with Gasteiger partial charge in [-0.2, -0.15) is 0 Å². The molecule has 2 rings (SSSR count). The molecule has 1 aromatic carbocycles. The Labute approximate surface area is 113 Å². The Morgan fingerprint density at radius 3 is 2.76 bits per heavy atom.